The second-order valence-corrected chi connectivity index (χ2v) is 5.33. The Morgan fingerprint density at radius 3 is 3.05 bits per heavy atom. The molecular formula is C15H19NO4. The lowest BCUT2D eigenvalue weighted by atomic mass is 9.92. The van der Waals surface area contributed by atoms with Gasteiger partial charge >= 0.3 is 5.97 Å². The van der Waals surface area contributed by atoms with Crippen LogP contribution in [-0.2, 0) is 9.53 Å². The Morgan fingerprint density at radius 2 is 2.20 bits per heavy atom. The lowest BCUT2D eigenvalue weighted by molar-refractivity contribution is -0.156. The predicted molar refractivity (Wildman–Crippen MR) is 73.1 cm³/mol. The van der Waals surface area contributed by atoms with Gasteiger partial charge in [-0.3, -0.25) is 4.90 Å². The maximum atomic E-state index is 11.0. The number of carboxylic acid groups (broad SMARTS) is 1. The third kappa shape index (κ3) is 2.78. The van der Waals surface area contributed by atoms with Crippen LogP contribution in [0.5, 0.6) is 5.75 Å². The minimum absolute atomic E-state index is 0.410. The molecular weight excluding hydrogens is 258 g/mol. The molecule has 2 unspecified atom stereocenters. The van der Waals surface area contributed by atoms with E-state index in [2.05, 4.69) is 11.0 Å². The standard InChI is InChI=1S/C15H19NO4/c17-15(18)14-10-16(6-8-20-14)9-11-5-7-19-13-4-2-1-3-12(11)13/h1-4,11,14H,5-10H2,(H,17,18). The Labute approximate surface area is 118 Å². The summed E-state index contributed by atoms with van der Waals surface area (Å²) in [7, 11) is 0. The molecule has 0 radical (unpaired) electrons. The molecule has 5 heteroatoms. The molecule has 0 aromatic heterocycles. The molecule has 1 saturated heterocycles. The first kappa shape index (κ1) is 13.4. The highest BCUT2D eigenvalue weighted by atomic mass is 16.5. The Bertz CT molecular complexity index is 491. The lowest BCUT2D eigenvalue weighted by Crippen LogP contribution is -2.47. The van der Waals surface area contributed by atoms with Crippen molar-refractivity contribution in [3.8, 4) is 5.75 Å². The fourth-order valence-electron chi connectivity index (χ4n) is 2.93. The van der Waals surface area contributed by atoms with Crippen LogP contribution in [0.15, 0.2) is 24.3 Å². The van der Waals surface area contributed by atoms with Crippen molar-refractivity contribution in [1.29, 1.82) is 0 Å². The fourth-order valence-corrected chi connectivity index (χ4v) is 2.93. The van der Waals surface area contributed by atoms with Crippen LogP contribution >= 0.6 is 0 Å². The van der Waals surface area contributed by atoms with Gasteiger partial charge in [0.25, 0.3) is 0 Å². The van der Waals surface area contributed by atoms with Crippen molar-refractivity contribution in [2.24, 2.45) is 0 Å². The van der Waals surface area contributed by atoms with E-state index >= 15 is 0 Å². The van der Waals surface area contributed by atoms with Crippen molar-refractivity contribution in [2.45, 2.75) is 18.4 Å². The minimum Gasteiger partial charge on any atom is -0.493 e. The van der Waals surface area contributed by atoms with Crippen LogP contribution in [0.4, 0.5) is 0 Å². The molecule has 1 aromatic carbocycles. The molecule has 0 amide bonds. The monoisotopic (exact) mass is 277 g/mol. The number of carbonyl (C=O) groups is 1. The highest BCUT2D eigenvalue weighted by molar-refractivity contribution is 5.72. The first-order valence-corrected chi connectivity index (χ1v) is 7.02. The molecule has 20 heavy (non-hydrogen) atoms. The number of hydrogen-bond donors (Lipinski definition) is 1. The van der Waals surface area contributed by atoms with Gasteiger partial charge in [-0.1, -0.05) is 18.2 Å². The number of rotatable bonds is 3. The summed E-state index contributed by atoms with van der Waals surface area (Å²) in [4.78, 5) is 13.2. The second kappa shape index (κ2) is 5.81. The largest absolute Gasteiger partial charge is 0.493 e. The number of morpholine rings is 1. The molecule has 0 aliphatic carbocycles. The van der Waals surface area contributed by atoms with Gasteiger partial charge in [-0.25, -0.2) is 4.79 Å². The zero-order valence-electron chi connectivity index (χ0n) is 11.3. The summed E-state index contributed by atoms with van der Waals surface area (Å²) in [6, 6.07) is 8.12. The first-order chi connectivity index (χ1) is 9.74. The Kier molecular flexibility index (Phi) is 3.89. The Balaban J connectivity index is 1.68. The molecule has 2 atom stereocenters. The first-order valence-electron chi connectivity index (χ1n) is 7.02. The summed E-state index contributed by atoms with van der Waals surface area (Å²) in [5, 5.41) is 9.05. The molecule has 2 aliphatic rings. The molecule has 2 heterocycles. The van der Waals surface area contributed by atoms with Gasteiger partial charge < -0.3 is 14.6 Å². The van der Waals surface area contributed by atoms with Crippen LogP contribution in [-0.4, -0.2) is 54.9 Å². The van der Waals surface area contributed by atoms with Crippen LogP contribution < -0.4 is 4.74 Å². The number of carboxylic acids is 1. The Morgan fingerprint density at radius 1 is 1.35 bits per heavy atom. The number of benzene rings is 1. The number of hydrogen-bond acceptors (Lipinski definition) is 4. The van der Waals surface area contributed by atoms with E-state index in [1.54, 1.807) is 0 Å². The quantitative estimate of drug-likeness (QED) is 0.903. The van der Waals surface area contributed by atoms with Crippen LogP contribution in [0.25, 0.3) is 0 Å². The van der Waals surface area contributed by atoms with E-state index in [0.717, 1.165) is 31.9 Å². The summed E-state index contributed by atoms with van der Waals surface area (Å²) in [6.45, 7) is 3.35. The summed E-state index contributed by atoms with van der Waals surface area (Å²) < 4.78 is 10.9. The molecule has 1 aromatic rings. The SMILES string of the molecule is O=C(O)C1CN(CC2CCOc3ccccc32)CCO1. The van der Waals surface area contributed by atoms with Crippen molar-refractivity contribution in [3.05, 3.63) is 29.8 Å². The van der Waals surface area contributed by atoms with E-state index in [4.69, 9.17) is 14.6 Å². The molecule has 3 rings (SSSR count). The topological polar surface area (TPSA) is 59.0 Å². The van der Waals surface area contributed by atoms with Gasteiger partial charge in [-0.05, 0) is 18.1 Å². The van der Waals surface area contributed by atoms with Crippen molar-refractivity contribution < 1.29 is 19.4 Å². The number of ether oxygens (including phenoxy) is 2. The van der Waals surface area contributed by atoms with Crippen molar-refractivity contribution in [3.63, 3.8) is 0 Å². The maximum Gasteiger partial charge on any atom is 0.334 e. The normalized spacial score (nSPS) is 26.6. The third-order valence-electron chi connectivity index (χ3n) is 3.99. The molecule has 0 spiro atoms. The van der Waals surface area contributed by atoms with E-state index in [0.29, 0.717) is 19.1 Å². The highest BCUT2D eigenvalue weighted by Gasteiger charge is 2.29. The number of para-hydroxylation sites is 1. The van der Waals surface area contributed by atoms with Gasteiger partial charge in [0.05, 0.1) is 13.2 Å². The molecule has 1 N–H and O–H groups in total. The molecule has 0 saturated carbocycles. The van der Waals surface area contributed by atoms with E-state index in [1.807, 2.05) is 18.2 Å². The van der Waals surface area contributed by atoms with Crippen LogP contribution in [0.1, 0.15) is 17.9 Å². The van der Waals surface area contributed by atoms with Gasteiger partial charge in [-0.2, -0.15) is 0 Å². The summed E-state index contributed by atoms with van der Waals surface area (Å²) in [6.07, 6.45) is 0.283. The summed E-state index contributed by atoms with van der Waals surface area (Å²) >= 11 is 0. The molecule has 2 aliphatic heterocycles. The predicted octanol–water partition coefficient (Wildman–Crippen LogP) is 1.34. The van der Waals surface area contributed by atoms with Crippen molar-refractivity contribution >= 4 is 5.97 Å². The third-order valence-corrected chi connectivity index (χ3v) is 3.99. The van der Waals surface area contributed by atoms with Gasteiger partial charge in [-0.15, -0.1) is 0 Å². The van der Waals surface area contributed by atoms with E-state index in [-0.39, 0.29) is 0 Å². The minimum atomic E-state index is -0.873. The molecule has 1 fully saturated rings. The average Bonchev–Trinajstić information content (AvgIpc) is 2.48. The van der Waals surface area contributed by atoms with Crippen molar-refractivity contribution in [1.82, 2.24) is 4.90 Å². The van der Waals surface area contributed by atoms with Crippen LogP contribution in [0.3, 0.4) is 0 Å². The van der Waals surface area contributed by atoms with Gasteiger partial charge in [0.1, 0.15) is 5.75 Å². The number of nitrogens with zero attached hydrogens (tertiary/aromatic N) is 1. The fraction of sp³-hybridized carbons (Fsp3) is 0.533. The molecule has 5 nitrogen and oxygen atoms in total. The maximum absolute atomic E-state index is 11.0. The molecule has 0 bridgehead atoms. The smallest absolute Gasteiger partial charge is 0.334 e. The highest BCUT2D eigenvalue weighted by Crippen LogP contribution is 2.34. The zero-order chi connectivity index (χ0) is 13.9. The van der Waals surface area contributed by atoms with Gasteiger partial charge in [0.15, 0.2) is 6.10 Å². The lowest BCUT2D eigenvalue weighted by Gasteiger charge is -2.35. The second-order valence-electron chi connectivity index (χ2n) is 5.33. The number of fused-ring (bicyclic) bond motifs is 1. The number of aliphatic carboxylic acids is 1. The summed E-state index contributed by atoms with van der Waals surface area (Å²) in [5.41, 5.74) is 1.23. The molecule has 108 valence electrons. The van der Waals surface area contributed by atoms with E-state index < -0.39 is 12.1 Å². The zero-order valence-corrected chi connectivity index (χ0v) is 11.3. The van der Waals surface area contributed by atoms with Crippen LogP contribution in [0, 0.1) is 0 Å². The van der Waals surface area contributed by atoms with Gasteiger partial charge in [0, 0.05) is 25.6 Å². The summed E-state index contributed by atoms with van der Waals surface area (Å²) in [5.74, 6) is 0.501. The average molecular weight is 277 g/mol. The van der Waals surface area contributed by atoms with Crippen LogP contribution in [0.2, 0.25) is 0 Å². The van der Waals surface area contributed by atoms with E-state index in [9.17, 15) is 4.79 Å². The van der Waals surface area contributed by atoms with E-state index in [1.165, 1.54) is 5.56 Å². The van der Waals surface area contributed by atoms with Gasteiger partial charge in [0.2, 0.25) is 0 Å². The van der Waals surface area contributed by atoms with Crippen molar-refractivity contribution in [2.75, 3.05) is 32.8 Å². The Hall–Kier alpha value is -1.59.